The zero-order valence-electron chi connectivity index (χ0n) is 10.3. The van der Waals surface area contributed by atoms with Gasteiger partial charge in [0.15, 0.2) is 0 Å². The molecule has 0 aromatic heterocycles. The van der Waals surface area contributed by atoms with Crippen LogP contribution in [0.5, 0.6) is 0 Å². The minimum absolute atomic E-state index is 0.0940. The molecule has 1 aliphatic heterocycles. The summed E-state index contributed by atoms with van der Waals surface area (Å²) >= 11 is 7.66. The van der Waals surface area contributed by atoms with E-state index < -0.39 is 0 Å². The van der Waals surface area contributed by atoms with Crippen LogP contribution < -0.4 is 5.73 Å². The number of hydrogen-bond acceptors (Lipinski definition) is 3. The zero-order valence-corrected chi connectivity index (χ0v) is 12.8. The Morgan fingerprint density at radius 1 is 1.42 bits per heavy atom. The third-order valence-electron chi connectivity index (χ3n) is 3.30. The first-order valence-electron chi connectivity index (χ1n) is 6.06. The molecule has 2 N–H and O–H groups in total. The summed E-state index contributed by atoms with van der Waals surface area (Å²) in [6, 6.07) is 5.33. The fraction of sp³-hybridized carbons (Fsp3) is 0.385. The van der Waals surface area contributed by atoms with Crippen LogP contribution in [0.3, 0.4) is 0 Å². The maximum absolute atomic E-state index is 12.4. The molecule has 1 aromatic carbocycles. The van der Waals surface area contributed by atoms with Crippen LogP contribution in [0.1, 0.15) is 23.2 Å². The average Bonchev–Trinajstić information content (AvgIpc) is 2.38. The average molecular weight is 343 g/mol. The van der Waals surface area contributed by atoms with Crippen LogP contribution in [-0.2, 0) is 4.79 Å². The number of carbonyl (C=O) groups is 2. The number of primary amides is 1. The quantitative estimate of drug-likeness (QED) is 0.808. The molecule has 2 rings (SSSR count). The van der Waals surface area contributed by atoms with Crippen molar-refractivity contribution < 1.29 is 9.59 Å². The van der Waals surface area contributed by atoms with Crippen molar-refractivity contribution in [2.24, 2.45) is 11.7 Å². The Kier molecular flexibility index (Phi) is 4.52. The lowest BCUT2D eigenvalue weighted by atomic mass is 9.97. The molecule has 2 amide bonds. The molecule has 102 valence electrons. The Hall–Kier alpha value is -1.01. The third kappa shape index (κ3) is 3.30. The monoisotopic (exact) mass is 342 g/mol. The predicted molar refractivity (Wildman–Crippen MR) is 79.2 cm³/mol. The summed E-state index contributed by atoms with van der Waals surface area (Å²) in [4.78, 5) is 26.0. The van der Waals surface area contributed by atoms with Gasteiger partial charge in [0.1, 0.15) is 0 Å². The van der Waals surface area contributed by atoms with Crippen molar-refractivity contribution in [2.45, 2.75) is 17.7 Å². The number of thiol groups is 1. The van der Waals surface area contributed by atoms with Crippen molar-refractivity contribution in [2.75, 3.05) is 13.1 Å². The first-order chi connectivity index (χ1) is 8.99. The molecular weight excluding hydrogens is 328 g/mol. The van der Waals surface area contributed by atoms with Gasteiger partial charge in [-0.1, -0.05) is 15.9 Å². The number of amides is 2. The Morgan fingerprint density at radius 2 is 2.16 bits per heavy atom. The van der Waals surface area contributed by atoms with E-state index in [1.807, 2.05) is 6.07 Å². The minimum Gasteiger partial charge on any atom is -0.369 e. The maximum Gasteiger partial charge on any atom is 0.255 e. The number of nitrogens with two attached hydrogens (primary N) is 1. The lowest BCUT2D eigenvalue weighted by molar-refractivity contribution is -0.123. The highest BCUT2D eigenvalue weighted by Gasteiger charge is 2.28. The van der Waals surface area contributed by atoms with Gasteiger partial charge in [-0.15, -0.1) is 12.6 Å². The second-order valence-electron chi connectivity index (χ2n) is 4.65. The van der Waals surface area contributed by atoms with Crippen molar-refractivity contribution >= 4 is 40.4 Å². The molecule has 6 heteroatoms. The lowest BCUT2D eigenvalue weighted by Crippen LogP contribution is -2.44. The van der Waals surface area contributed by atoms with Gasteiger partial charge in [0.25, 0.3) is 5.91 Å². The Morgan fingerprint density at radius 3 is 2.79 bits per heavy atom. The molecule has 1 saturated heterocycles. The summed E-state index contributed by atoms with van der Waals surface area (Å²) in [6.45, 7) is 1.06. The number of likely N-dealkylation sites (tertiary alicyclic amines) is 1. The van der Waals surface area contributed by atoms with Gasteiger partial charge in [-0.3, -0.25) is 9.59 Å². The van der Waals surface area contributed by atoms with E-state index in [-0.39, 0.29) is 17.7 Å². The zero-order chi connectivity index (χ0) is 14.0. The summed E-state index contributed by atoms with van der Waals surface area (Å²) in [5, 5.41) is 0. The van der Waals surface area contributed by atoms with E-state index in [1.165, 1.54) is 0 Å². The third-order valence-corrected chi connectivity index (χ3v) is 4.16. The van der Waals surface area contributed by atoms with Crippen molar-refractivity contribution in [3.8, 4) is 0 Å². The first kappa shape index (κ1) is 14.4. The second kappa shape index (κ2) is 5.96. The topological polar surface area (TPSA) is 63.4 Å². The summed E-state index contributed by atoms with van der Waals surface area (Å²) in [7, 11) is 0. The summed E-state index contributed by atoms with van der Waals surface area (Å²) in [5.74, 6) is -0.667. The predicted octanol–water partition coefficient (Wildman–Crippen LogP) is 2.08. The molecule has 0 radical (unpaired) electrons. The van der Waals surface area contributed by atoms with Crippen molar-refractivity contribution in [1.82, 2.24) is 4.90 Å². The van der Waals surface area contributed by atoms with E-state index in [1.54, 1.807) is 17.0 Å². The van der Waals surface area contributed by atoms with Gasteiger partial charge in [-0.2, -0.15) is 0 Å². The SMILES string of the molecule is NC(=O)C1CCCN(C(=O)c2ccc(Br)cc2S)C1. The van der Waals surface area contributed by atoms with Crippen LogP contribution in [0.15, 0.2) is 27.6 Å². The molecule has 4 nitrogen and oxygen atoms in total. The Bertz CT molecular complexity index is 521. The molecule has 1 unspecified atom stereocenters. The number of piperidine rings is 1. The van der Waals surface area contributed by atoms with Crippen molar-refractivity contribution in [3.63, 3.8) is 0 Å². The van der Waals surface area contributed by atoms with Gasteiger partial charge in [0.2, 0.25) is 5.91 Å². The van der Waals surface area contributed by atoms with Gasteiger partial charge in [0, 0.05) is 22.5 Å². The van der Waals surface area contributed by atoms with E-state index in [0.29, 0.717) is 23.5 Å². The van der Waals surface area contributed by atoms with Crippen molar-refractivity contribution in [1.29, 1.82) is 0 Å². The number of hydrogen-bond donors (Lipinski definition) is 2. The van der Waals surface area contributed by atoms with E-state index >= 15 is 0 Å². The molecule has 19 heavy (non-hydrogen) atoms. The highest BCUT2D eigenvalue weighted by molar-refractivity contribution is 9.10. The van der Waals surface area contributed by atoms with Gasteiger partial charge >= 0.3 is 0 Å². The second-order valence-corrected chi connectivity index (χ2v) is 6.05. The van der Waals surface area contributed by atoms with Gasteiger partial charge in [-0.05, 0) is 31.0 Å². The van der Waals surface area contributed by atoms with Crippen LogP contribution in [0, 0.1) is 5.92 Å². The number of nitrogens with zero attached hydrogens (tertiary/aromatic N) is 1. The van der Waals surface area contributed by atoms with Gasteiger partial charge in [0.05, 0.1) is 11.5 Å². The van der Waals surface area contributed by atoms with Crippen LogP contribution in [-0.4, -0.2) is 29.8 Å². The Balaban J connectivity index is 2.17. The highest BCUT2D eigenvalue weighted by atomic mass is 79.9. The molecule has 1 aliphatic rings. The number of benzene rings is 1. The van der Waals surface area contributed by atoms with Crippen LogP contribution in [0.2, 0.25) is 0 Å². The number of carbonyl (C=O) groups excluding carboxylic acids is 2. The standard InChI is InChI=1S/C13H15BrN2O2S/c14-9-3-4-10(11(19)6-9)13(18)16-5-1-2-8(7-16)12(15)17/h3-4,6,8,19H,1-2,5,7H2,(H2,15,17). The van der Waals surface area contributed by atoms with Crippen LogP contribution in [0.4, 0.5) is 0 Å². The fourth-order valence-electron chi connectivity index (χ4n) is 2.25. The minimum atomic E-state index is -0.334. The normalized spacial score (nSPS) is 19.3. The highest BCUT2D eigenvalue weighted by Crippen LogP contribution is 2.24. The molecule has 0 aliphatic carbocycles. The number of rotatable bonds is 2. The molecule has 0 spiro atoms. The summed E-state index contributed by atoms with van der Waals surface area (Å²) in [5.41, 5.74) is 5.87. The summed E-state index contributed by atoms with van der Waals surface area (Å²) < 4.78 is 0.878. The molecule has 1 atom stereocenters. The van der Waals surface area contributed by atoms with Crippen LogP contribution >= 0.6 is 28.6 Å². The van der Waals surface area contributed by atoms with Gasteiger partial charge < -0.3 is 10.6 Å². The first-order valence-corrected chi connectivity index (χ1v) is 7.30. The molecular formula is C13H15BrN2O2S. The largest absolute Gasteiger partial charge is 0.369 e. The van der Waals surface area contributed by atoms with E-state index in [2.05, 4.69) is 28.6 Å². The van der Waals surface area contributed by atoms with E-state index in [4.69, 9.17) is 5.73 Å². The molecule has 1 aromatic rings. The maximum atomic E-state index is 12.4. The Labute approximate surface area is 125 Å². The molecule has 0 saturated carbocycles. The van der Waals surface area contributed by atoms with Gasteiger partial charge in [-0.25, -0.2) is 0 Å². The van der Waals surface area contributed by atoms with Crippen molar-refractivity contribution in [3.05, 3.63) is 28.2 Å². The summed E-state index contributed by atoms with van der Waals surface area (Å²) in [6.07, 6.45) is 1.56. The van der Waals surface area contributed by atoms with E-state index in [9.17, 15) is 9.59 Å². The van der Waals surface area contributed by atoms with E-state index in [0.717, 1.165) is 17.3 Å². The molecule has 0 bridgehead atoms. The number of halogens is 1. The fourth-order valence-corrected chi connectivity index (χ4v) is 3.10. The molecule has 1 heterocycles. The van der Waals surface area contributed by atoms with Crippen LogP contribution in [0.25, 0.3) is 0 Å². The lowest BCUT2D eigenvalue weighted by Gasteiger charge is -2.31. The molecule has 1 fully saturated rings. The smallest absolute Gasteiger partial charge is 0.255 e.